The minimum atomic E-state index is 0.703. The number of fused-ring (bicyclic) bond motifs is 1. The first kappa shape index (κ1) is 9.07. The summed E-state index contributed by atoms with van der Waals surface area (Å²) >= 11 is 9.28. The van der Waals surface area contributed by atoms with Crippen LogP contribution in [0.1, 0.15) is 5.56 Å². The van der Waals surface area contributed by atoms with Gasteiger partial charge in [-0.1, -0.05) is 0 Å². The summed E-state index contributed by atoms with van der Waals surface area (Å²) in [6.45, 7) is 0. The number of halogens is 1. The highest BCUT2D eigenvalue weighted by molar-refractivity contribution is 9.10. The summed E-state index contributed by atoms with van der Waals surface area (Å²) in [4.78, 5) is 0. The molecule has 0 N–H and O–H groups in total. The lowest BCUT2D eigenvalue weighted by molar-refractivity contribution is 1.50. The normalized spacial score (nSPS) is 10.2. The second-order valence-electron chi connectivity index (χ2n) is 2.53. The van der Waals surface area contributed by atoms with E-state index in [9.17, 15) is 0 Å². The fourth-order valence-electron chi connectivity index (χ4n) is 1.17. The van der Waals surface area contributed by atoms with Crippen LogP contribution in [-0.2, 0) is 0 Å². The number of hydrogen-bond acceptors (Lipinski definition) is 3. The van der Waals surface area contributed by atoms with E-state index in [-0.39, 0.29) is 0 Å². The van der Waals surface area contributed by atoms with Crippen molar-refractivity contribution in [2.45, 2.75) is 4.21 Å². The first-order valence-corrected chi connectivity index (χ1v) is 5.59. The molecule has 0 radical (unpaired) electrons. The van der Waals surface area contributed by atoms with Gasteiger partial charge in [-0.25, -0.2) is 0 Å². The third-order valence-corrected chi connectivity index (χ3v) is 4.04. The Morgan fingerprint density at radius 3 is 2.92 bits per heavy atom. The molecule has 2 aromatic rings. The molecule has 0 amide bonds. The average Bonchev–Trinajstić information content (AvgIpc) is 2.48. The minimum absolute atomic E-state index is 0.703. The lowest BCUT2D eigenvalue weighted by Crippen LogP contribution is -1.74. The Hall–Kier alpha value is -0.500. The minimum Gasteiger partial charge on any atom is -0.192 e. The van der Waals surface area contributed by atoms with Crippen LogP contribution < -0.4 is 0 Å². The zero-order valence-corrected chi connectivity index (χ0v) is 9.71. The van der Waals surface area contributed by atoms with Crippen LogP contribution in [0, 0.1) is 11.3 Å². The lowest BCUT2D eigenvalue weighted by Gasteiger charge is -1.94. The van der Waals surface area contributed by atoms with E-state index in [0.29, 0.717) is 5.56 Å². The SMILES string of the molecule is N#Cc1ccc(Br)c2sc(S)cc12. The van der Waals surface area contributed by atoms with Crippen LogP contribution in [0.25, 0.3) is 10.1 Å². The van der Waals surface area contributed by atoms with Crippen molar-refractivity contribution in [3.05, 3.63) is 28.2 Å². The highest BCUT2D eigenvalue weighted by Crippen LogP contribution is 2.35. The molecule has 0 spiro atoms. The first-order valence-electron chi connectivity index (χ1n) is 3.53. The Morgan fingerprint density at radius 1 is 1.46 bits per heavy atom. The quantitative estimate of drug-likeness (QED) is 0.723. The number of rotatable bonds is 0. The fraction of sp³-hybridized carbons (Fsp3) is 0. The van der Waals surface area contributed by atoms with Gasteiger partial charge >= 0.3 is 0 Å². The van der Waals surface area contributed by atoms with Crippen molar-refractivity contribution in [2.24, 2.45) is 0 Å². The predicted molar refractivity (Wildman–Crippen MR) is 61.5 cm³/mol. The van der Waals surface area contributed by atoms with Crippen molar-refractivity contribution in [1.29, 1.82) is 5.26 Å². The molecule has 2 rings (SSSR count). The Bertz CT molecular complexity index is 510. The molecule has 13 heavy (non-hydrogen) atoms. The highest BCUT2D eigenvalue weighted by Gasteiger charge is 2.07. The zero-order chi connectivity index (χ0) is 9.42. The third-order valence-electron chi connectivity index (χ3n) is 1.74. The van der Waals surface area contributed by atoms with Gasteiger partial charge in [0.2, 0.25) is 0 Å². The third kappa shape index (κ3) is 1.48. The highest BCUT2D eigenvalue weighted by atomic mass is 79.9. The Morgan fingerprint density at radius 2 is 2.23 bits per heavy atom. The summed E-state index contributed by atoms with van der Waals surface area (Å²) in [7, 11) is 0. The summed E-state index contributed by atoms with van der Waals surface area (Å²) < 4.78 is 3.04. The Balaban J connectivity index is 2.94. The molecule has 1 nitrogen and oxygen atoms in total. The maximum atomic E-state index is 8.85. The number of hydrogen-bond donors (Lipinski definition) is 1. The van der Waals surface area contributed by atoms with E-state index in [4.69, 9.17) is 5.26 Å². The van der Waals surface area contributed by atoms with Crippen LogP contribution in [0.4, 0.5) is 0 Å². The summed E-state index contributed by atoms with van der Waals surface area (Å²) in [5.74, 6) is 0. The van der Waals surface area contributed by atoms with E-state index < -0.39 is 0 Å². The molecule has 0 aliphatic carbocycles. The second-order valence-corrected chi connectivity index (χ2v) is 5.23. The molecule has 0 aliphatic rings. The summed E-state index contributed by atoms with van der Waals surface area (Å²) in [6.07, 6.45) is 0. The van der Waals surface area contributed by atoms with Gasteiger partial charge in [0.15, 0.2) is 0 Å². The van der Waals surface area contributed by atoms with Crippen molar-refractivity contribution in [1.82, 2.24) is 0 Å². The molecule has 64 valence electrons. The van der Waals surface area contributed by atoms with Crippen molar-refractivity contribution >= 4 is 50.0 Å². The van der Waals surface area contributed by atoms with Gasteiger partial charge in [0, 0.05) is 9.86 Å². The van der Waals surface area contributed by atoms with Crippen molar-refractivity contribution in [3.8, 4) is 6.07 Å². The Labute approximate surface area is 93.5 Å². The van der Waals surface area contributed by atoms with Crippen LogP contribution in [0.15, 0.2) is 26.9 Å². The van der Waals surface area contributed by atoms with E-state index in [1.807, 2.05) is 18.2 Å². The van der Waals surface area contributed by atoms with E-state index in [1.165, 1.54) is 0 Å². The first-order chi connectivity index (χ1) is 6.22. The number of thiophene rings is 1. The van der Waals surface area contributed by atoms with Gasteiger partial charge in [0.1, 0.15) is 0 Å². The summed E-state index contributed by atoms with van der Waals surface area (Å²) in [6, 6.07) is 7.79. The molecule has 0 saturated heterocycles. The van der Waals surface area contributed by atoms with E-state index in [0.717, 1.165) is 18.8 Å². The summed E-state index contributed by atoms with van der Waals surface area (Å²) in [5.41, 5.74) is 0.703. The number of benzene rings is 1. The molecule has 0 atom stereocenters. The van der Waals surface area contributed by atoms with Crippen LogP contribution >= 0.6 is 39.9 Å². The number of nitrogens with zero attached hydrogens (tertiary/aromatic N) is 1. The second kappa shape index (κ2) is 3.33. The lowest BCUT2D eigenvalue weighted by atomic mass is 10.1. The molecule has 0 aliphatic heterocycles. The van der Waals surface area contributed by atoms with Crippen LogP contribution in [0.2, 0.25) is 0 Å². The summed E-state index contributed by atoms with van der Waals surface area (Å²) in [5, 5.41) is 9.83. The maximum absolute atomic E-state index is 8.85. The monoisotopic (exact) mass is 269 g/mol. The van der Waals surface area contributed by atoms with Crippen LogP contribution in [0.3, 0.4) is 0 Å². The van der Waals surface area contributed by atoms with E-state index >= 15 is 0 Å². The molecule has 4 heteroatoms. The molecule has 1 heterocycles. The van der Waals surface area contributed by atoms with Gasteiger partial charge in [-0.05, 0) is 34.1 Å². The molecular weight excluding hydrogens is 266 g/mol. The number of nitriles is 1. The van der Waals surface area contributed by atoms with Crippen molar-refractivity contribution in [2.75, 3.05) is 0 Å². The molecule has 0 unspecified atom stereocenters. The topological polar surface area (TPSA) is 23.8 Å². The van der Waals surface area contributed by atoms with E-state index in [1.54, 1.807) is 11.3 Å². The van der Waals surface area contributed by atoms with Crippen molar-refractivity contribution < 1.29 is 0 Å². The maximum Gasteiger partial charge on any atom is 0.0998 e. The zero-order valence-electron chi connectivity index (χ0n) is 6.41. The van der Waals surface area contributed by atoms with Crippen LogP contribution in [-0.4, -0.2) is 0 Å². The van der Waals surface area contributed by atoms with E-state index in [2.05, 4.69) is 34.6 Å². The largest absolute Gasteiger partial charge is 0.192 e. The smallest absolute Gasteiger partial charge is 0.0998 e. The van der Waals surface area contributed by atoms with Crippen LogP contribution in [0.5, 0.6) is 0 Å². The van der Waals surface area contributed by atoms with Gasteiger partial charge < -0.3 is 0 Å². The predicted octanol–water partition coefficient (Wildman–Crippen LogP) is 3.82. The molecule has 0 fully saturated rings. The van der Waals surface area contributed by atoms with Gasteiger partial charge in [-0.15, -0.1) is 24.0 Å². The number of thiol groups is 1. The van der Waals surface area contributed by atoms with Gasteiger partial charge in [0.05, 0.1) is 20.5 Å². The fourth-order valence-corrected chi connectivity index (χ4v) is 3.00. The standard InChI is InChI=1S/C9H4BrNS2/c10-7-2-1-5(4-11)6-3-8(12)13-9(6)7/h1-3,12H. The molecular formula is C9H4BrNS2. The van der Waals surface area contributed by atoms with Crippen molar-refractivity contribution in [3.63, 3.8) is 0 Å². The Kier molecular flexibility index (Phi) is 2.33. The van der Waals surface area contributed by atoms with Gasteiger partial charge in [-0.2, -0.15) is 5.26 Å². The molecule has 0 saturated carbocycles. The molecule has 1 aromatic heterocycles. The average molecular weight is 270 g/mol. The molecule has 1 aromatic carbocycles. The van der Waals surface area contributed by atoms with Gasteiger partial charge in [-0.3, -0.25) is 0 Å². The molecule has 0 bridgehead atoms. The van der Waals surface area contributed by atoms with Gasteiger partial charge in [0.25, 0.3) is 0 Å².